The second-order valence-electron chi connectivity index (χ2n) is 12.0. The van der Waals surface area contributed by atoms with Crippen molar-refractivity contribution in [1.82, 2.24) is 0 Å². The van der Waals surface area contributed by atoms with Gasteiger partial charge in [0.05, 0.1) is 11.4 Å². The minimum atomic E-state index is -0.0898. The number of rotatable bonds is 8. The van der Waals surface area contributed by atoms with Crippen LogP contribution in [0.15, 0.2) is 114 Å². The first kappa shape index (κ1) is 29.9. The van der Waals surface area contributed by atoms with E-state index >= 15 is 0 Å². The van der Waals surface area contributed by atoms with E-state index in [1.165, 1.54) is 55.6 Å². The average Bonchev–Trinajstić information content (AvgIpc) is 2.99. The monoisotopic (exact) mass is 563 g/mol. The van der Waals surface area contributed by atoms with Gasteiger partial charge < -0.3 is 0 Å². The van der Waals surface area contributed by atoms with Crippen LogP contribution in [0.3, 0.4) is 0 Å². The molecular formula is C41H41NO. The summed E-state index contributed by atoms with van der Waals surface area (Å²) in [5.41, 5.74) is 14.7. The summed E-state index contributed by atoms with van der Waals surface area (Å²) in [6.45, 7) is 14.1. The highest BCUT2D eigenvalue weighted by Gasteiger charge is 2.30. The van der Waals surface area contributed by atoms with Crippen molar-refractivity contribution in [2.75, 3.05) is 0 Å². The van der Waals surface area contributed by atoms with Crippen molar-refractivity contribution >= 4 is 17.2 Å². The van der Waals surface area contributed by atoms with Gasteiger partial charge in [-0.25, -0.2) is 4.99 Å². The lowest BCUT2D eigenvalue weighted by Gasteiger charge is -2.30. The van der Waals surface area contributed by atoms with Crippen LogP contribution in [-0.4, -0.2) is 11.5 Å². The van der Waals surface area contributed by atoms with Crippen molar-refractivity contribution in [1.29, 1.82) is 0 Å². The van der Waals surface area contributed by atoms with Gasteiger partial charge in [0.2, 0.25) is 0 Å². The summed E-state index contributed by atoms with van der Waals surface area (Å²) in [7, 11) is 0. The fourth-order valence-corrected chi connectivity index (χ4v) is 5.86. The van der Waals surface area contributed by atoms with E-state index in [0.29, 0.717) is 5.71 Å². The second kappa shape index (κ2) is 12.8. The third-order valence-electron chi connectivity index (χ3n) is 8.50. The van der Waals surface area contributed by atoms with Crippen LogP contribution in [0.1, 0.15) is 86.9 Å². The molecule has 5 aromatic rings. The summed E-state index contributed by atoms with van der Waals surface area (Å²) in [6.07, 6.45) is 0. The Morgan fingerprint density at radius 3 is 1.12 bits per heavy atom. The molecule has 0 N–H and O–H groups in total. The molecule has 0 spiro atoms. The van der Waals surface area contributed by atoms with Crippen LogP contribution in [0.5, 0.6) is 0 Å². The molecule has 2 nitrogen and oxygen atoms in total. The van der Waals surface area contributed by atoms with Gasteiger partial charge in [0.1, 0.15) is 0 Å². The lowest BCUT2D eigenvalue weighted by atomic mass is 9.73. The van der Waals surface area contributed by atoms with E-state index in [4.69, 9.17) is 4.99 Å². The summed E-state index contributed by atoms with van der Waals surface area (Å²) in [6, 6.07) is 39.8. The van der Waals surface area contributed by atoms with E-state index < -0.39 is 0 Å². The molecule has 0 unspecified atom stereocenters. The fourth-order valence-electron chi connectivity index (χ4n) is 5.86. The van der Waals surface area contributed by atoms with Crippen molar-refractivity contribution in [3.05, 3.63) is 170 Å². The predicted molar refractivity (Wildman–Crippen MR) is 181 cm³/mol. The van der Waals surface area contributed by atoms with E-state index in [1.807, 2.05) is 6.92 Å². The Balaban J connectivity index is 1.92. The molecular weight excluding hydrogens is 522 g/mol. The van der Waals surface area contributed by atoms with E-state index in [2.05, 4.69) is 144 Å². The molecule has 43 heavy (non-hydrogen) atoms. The quantitative estimate of drug-likeness (QED) is 0.136. The van der Waals surface area contributed by atoms with Crippen molar-refractivity contribution in [3.63, 3.8) is 0 Å². The van der Waals surface area contributed by atoms with Gasteiger partial charge in [-0.15, -0.1) is 0 Å². The molecule has 2 heteroatoms. The summed E-state index contributed by atoms with van der Waals surface area (Å²) in [4.78, 5) is 17.5. The molecule has 0 saturated carbocycles. The number of carbonyl (C=O) groups is 1. The Morgan fingerprint density at radius 1 is 0.465 bits per heavy atom. The molecule has 0 bridgehead atoms. The van der Waals surface area contributed by atoms with Crippen LogP contribution < -0.4 is 0 Å². The topological polar surface area (TPSA) is 29.4 Å². The highest BCUT2D eigenvalue weighted by molar-refractivity contribution is 6.38. The Bertz CT molecular complexity index is 1670. The van der Waals surface area contributed by atoms with Gasteiger partial charge in [-0.05, 0) is 86.6 Å². The number of hydrogen-bond acceptors (Lipinski definition) is 2. The number of aliphatic imine (C=N–C) groups is 1. The summed E-state index contributed by atoms with van der Waals surface area (Å²) in [5.74, 6) is -0.140. The van der Waals surface area contributed by atoms with E-state index in [-0.39, 0.29) is 17.6 Å². The van der Waals surface area contributed by atoms with Crippen molar-refractivity contribution in [2.45, 2.75) is 60.3 Å². The lowest BCUT2D eigenvalue weighted by molar-refractivity contribution is -0.111. The van der Waals surface area contributed by atoms with Crippen LogP contribution in [0.2, 0.25) is 0 Å². The third-order valence-corrected chi connectivity index (χ3v) is 8.50. The van der Waals surface area contributed by atoms with Gasteiger partial charge >= 0.3 is 0 Å². The summed E-state index contributed by atoms with van der Waals surface area (Å²) in [5, 5.41) is 0. The Hall–Kier alpha value is -4.56. The van der Waals surface area contributed by atoms with Crippen LogP contribution in [0, 0.1) is 34.6 Å². The molecule has 5 aromatic carbocycles. The molecule has 0 heterocycles. The number of Topliss-reactive ketones (excluding diaryl/α,β-unsaturated/α-hetero) is 1. The van der Waals surface area contributed by atoms with Crippen molar-refractivity contribution < 1.29 is 4.79 Å². The maximum Gasteiger partial charge on any atom is 0.173 e. The summed E-state index contributed by atoms with van der Waals surface area (Å²) < 4.78 is 0. The molecule has 0 aliphatic rings. The Morgan fingerprint density at radius 2 is 0.791 bits per heavy atom. The first-order chi connectivity index (χ1) is 20.6. The zero-order valence-electron chi connectivity index (χ0n) is 26.4. The predicted octanol–water partition coefficient (Wildman–Crippen LogP) is 10.3. The van der Waals surface area contributed by atoms with Crippen LogP contribution in [0.4, 0.5) is 5.69 Å². The zero-order valence-corrected chi connectivity index (χ0v) is 26.4. The minimum Gasteiger partial charge on any atom is -0.293 e. The highest BCUT2D eigenvalue weighted by atomic mass is 16.1. The molecule has 0 aliphatic carbocycles. The van der Waals surface area contributed by atoms with Gasteiger partial charge in [-0.3, -0.25) is 4.79 Å². The molecule has 0 fully saturated rings. The van der Waals surface area contributed by atoms with Gasteiger partial charge in [-0.2, -0.15) is 0 Å². The van der Waals surface area contributed by atoms with E-state index in [0.717, 1.165) is 11.3 Å². The van der Waals surface area contributed by atoms with Gasteiger partial charge in [0.15, 0.2) is 5.78 Å². The number of carbonyl (C=O) groups excluding carboxylic acids is 1. The Kier molecular flexibility index (Phi) is 8.87. The summed E-state index contributed by atoms with van der Waals surface area (Å²) >= 11 is 0. The van der Waals surface area contributed by atoms with Crippen LogP contribution in [-0.2, 0) is 4.79 Å². The van der Waals surface area contributed by atoms with Crippen molar-refractivity contribution in [2.24, 2.45) is 4.99 Å². The van der Waals surface area contributed by atoms with Crippen LogP contribution >= 0.6 is 0 Å². The maximum atomic E-state index is 12.5. The fraction of sp³-hybridized carbons (Fsp3) is 0.220. The molecule has 0 aromatic heterocycles. The second-order valence-corrected chi connectivity index (χ2v) is 12.0. The highest BCUT2D eigenvalue weighted by Crippen LogP contribution is 2.47. The zero-order chi connectivity index (χ0) is 30.7. The molecule has 0 aliphatic heterocycles. The molecule has 5 rings (SSSR count). The van der Waals surface area contributed by atoms with Crippen molar-refractivity contribution in [3.8, 4) is 0 Å². The number of hydrogen-bond donors (Lipinski definition) is 0. The molecule has 0 radical (unpaired) electrons. The third kappa shape index (κ3) is 6.60. The van der Waals surface area contributed by atoms with Gasteiger partial charge in [0, 0.05) is 18.8 Å². The van der Waals surface area contributed by atoms with E-state index in [9.17, 15) is 4.79 Å². The number of aryl methyl sites for hydroxylation is 5. The number of ketones is 1. The largest absolute Gasteiger partial charge is 0.293 e. The number of benzene rings is 5. The maximum absolute atomic E-state index is 12.5. The first-order valence-corrected chi connectivity index (χ1v) is 15.1. The minimum absolute atomic E-state index is 0.0242. The first-order valence-electron chi connectivity index (χ1n) is 15.1. The average molecular weight is 564 g/mol. The lowest BCUT2D eigenvalue weighted by Crippen LogP contribution is -2.15. The van der Waals surface area contributed by atoms with Gasteiger partial charge in [-0.1, -0.05) is 125 Å². The smallest absolute Gasteiger partial charge is 0.173 e. The standard InChI is InChI=1S/C41H41NO/c1-26-8-17-33(18-9-26)39(34-19-10-27(2)11-20-34)38-30(5)16-25-37(42-31(6)32(7)43)41(38)40(35-21-12-28(3)13-22-35)36-23-14-29(4)15-24-36/h8-25,39-40H,1-7H3. The van der Waals surface area contributed by atoms with Crippen LogP contribution in [0.25, 0.3) is 0 Å². The van der Waals surface area contributed by atoms with E-state index in [1.54, 1.807) is 6.92 Å². The Labute approximate surface area is 257 Å². The number of nitrogens with zero attached hydrogens (tertiary/aromatic N) is 1. The SMILES string of the molecule is CC(=O)C(C)=Nc1ccc(C)c(C(c2ccc(C)cc2)c2ccc(C)cc2)c1C(c1ccc(C)cc1)c1ccc(C)cc1. The molecule has 0 atom stereocenters. The molecule has 0 amide bonds. The normalized spacial score (nSPS) is 11.8. The molecule has 0 saturated heterocycles. The molecule has 216 valence electrons. The van der Waals surface area contributed by atoms with Gasteiger partial charge in [0.25, 0.3) is 0 Å².